The molecular weight excluding hydrogens is 448 g/mol. The van der Waals surface area contributed by atoms with Crippen LogP contribution in [0.4, 0.5) is 5.95 Å². The molecule has 1 saturated carbocycles. The molecule has 2 amide bonds. The zero-order valence-corrected chi connectivity index (χ0v) is 19.2. The number of carbonyl (C=O) groups is 2. The number of benzene rings is 3. The number of halogens is 1. The first-order chi connectivity index (χ1) is 16.6. The van der Waals surface area contributed by atoms with E-state index in [0.717, 1.165) is 29.8 Å². The van der Waals surface area contributed by atoms with E-state index in [4.69, 9.17) is 16.6 Å². The molecule has 1 heterocycles. The lowest BCUT2D eigenvalue weighted by atomic mass is 10.2. The van der Waals surface area contributed by atoms with Crippen LogP contribution in [0.3, 0.4) is 0 Å². The van der Waals surface area contributed by atoms with Crippen molar-refractivity contribution in [2.24, 2.45) is 0 Å². The van der Waals surface area contributed by atoms with Gasteiger partial charge in [0.15, 0.2) is 0 Å². The molecule has 5 rings (SSSR count). The van der Waals surface area contributed by atoms with Gasteiger partial charge in [0, 0.05) is 34.1 Å². The molecule has 0 atom stereocenters. The summed E-state index contributed by atoms with van der Waals surface area (Å²) in [5.74, 6) is -0.0629. The zero-order valence-electron chi connectivity index (χ0n) is 18.4. The lowest BCUT2D eigenvalue weighted by molar-refractivity contribution is -0.117. The average molecular weight is 471 g/mol. The quantitative estimate of drug-likeness (QED) is 0.391. The Bertz CT molecular complexity index is 1300. The van der Waals surface area contributed by atoms with Crippen LogP contribution in [0.5, 0.6) is 0 Å². The number of aromatic nitrogens is 2. The molecular formula is C27H23ClN4O2. The Hall–Kier alpha value is -3.90. The number of carbonyl (C=O) groups excluding carboxylic acids is 2. The van der Waals surface area contributed by atoms with Gasteiger partial charge in [-0.3, -0.25) is 19.5 Å². The number of hydrogen-bond donors (Lipinski definition) is 1. The van der Waals surface area contributed by atoms with Crippen molar-refractivity contribution in [1.29, 1.82) is 0 Å². The molecule has 1 aromatic heterocycles. The van der Waals surface area contributed by atoms with E-state index in [2.05, 4.69) is 5.32 Å². The van der Waals surface area contributed by atoms with E-state index in [0.29, 0.717) is 16.5 Å². The highest BCUT2D eigenvalue weighted by Gasteiger charge is 2.34. The Balaban J connectivity index is 1.39. The first kappa shape index (κ1) is 21.9. The Labute approximate surface area is 202 Å². The summed E-state index contributed by atoms with van der Waals surface area (Å²) in [4.78, 5) is 32.5. The van der Waals surface area contributed by atoms with Gasteiger partial charge in [-0.15, -0.1) is 0 Å². The number of imidazole rings is 1. The van der Waals surface area contributed by atoms with Crippen LogP contribution in [0.25, 0.3) is 16.9 Å². The molecule has 0 aliphatic heterocycles. The molecule has 3 aromatic carbocycles. The molecule has 1 fully saturated rings. The van der Waals surface area contributed by atoms with Crippen LogP contribution in [-0.4, -0.2) is 38.9 Å². The summed E-state index contributed by atoms with van der Waals surface area (Å²) < 4.78 is 1.85. The molecule has 1 aliphatic rings. The largest absolute Gasteiger partial charge is 0.326 e. The summed E-state index contributed by atoms with van der Waals surface area (Å²) in [6.07, 6.45) is 3.69. The lowest BCUT2D eigenvalue weighted by Gasteiger charge is -2.22. The van der Waals surface area contributed by atoms with E-state index >= 15 is 0 Å². The molecule has 0 saturated heterocycles. The van der Waals surface area contributed by atoms with E-state index in [9.17, 15) is 9.59 Å². The van der Waals surface area contributed by atoms with E-state index < -0.39 is 0 Å². The molecule has 6 nitrogen and oxygen atoms in total. The number of rotatable bonds is 7. The van der Waals surface area contributed by atoms with Gasteiger partial charge >= 0.3 is 0 Å². The number of hydrogen-bond acceptors (Lipinski definition) is 3. The van der Waals surface area contributed by atoms with Crippen molar-refractivity contribution in [3.05, 3.63) is 102 Å². The van der Waals surface area contributed by atoms with Gasteiger partial charge in [0.2, 0.25) is 11.9 Å². The number of anilines is 1. The van der Waals surface area contributed by atoms with Crippen molar-refractivity contribution in [2.75, 3.05) is 11.9 Å². The minimum atomic E-state index is -0.295. The van der Waals surface area contributed by atoms with Gasteiger partial charge in [0.05, 0.1) is 5.69 Å². The maximum absolute atomic E-state index is 13.1. The molecule has 0 bridgehead atoms. The van der Waals surface area contributed by atoms with Crippen molar-refractivity contribution in [2.45, 2.75) is 18.9 Å². The molecule has 0 unspecified atom stereocenters. The fraction of sp³-hybridized carbons (Fsp3) is 0.148. The molecule has 34 heavy (non-hydrogen) atoms. The molecule has 0 radical (unpaired) electrons. The van der Waals surface area contributed by atoms with Crippen molar-refractivity contribution < 1.29 is 9.59 Å². The zero-order chi connectivity index (χ0) is 23.5. The molecule has 1 N–H and O–H groups in total. The maximum Gasteiger partial charge on any atom is 0.254 e. The van der Waals surface area contributed by atoms with E-state index in [1.165, 1.54) is 0 Å². The highest BCUT2D eigenvalue weighted by Crippen LogP contribution is 2.29. The molecule has 1 aliphatic carbocycles. The van der Waals surface area contributed by atoms with Gasteiger partial charge in [-0.1, -0.05) is 60.1 Å². The van der Waals surface area contributed by atoms with Crippen molar-refractivity contribution in [3.8, 4) is 16.9 Å². The van der Waals surface area contributed by atoms with Crippen molar-refractivity contribution in [1.82, 2.24) is 14.5 Å². The van der Waals surface area contributed by atoms with Crippen LogP contribution in [0.2, 0.25) is 5.02 Å². The number of nitrogens with zero attached hydrogens (tertiary/aromatic N) is 3. The van der Waals surface area contributed by atoms with E-state index in [-0.39, 0.29) is 24.4 Å². The van der Waals surface area contributed by atoms with Crippen LogP contribution in [0.15, 0.2) is 91.1 Å². The van der Waals surface area contributed by atoms with Crippen LogP contribution in [0.1, 0.15) is 23.2 Å². The Morgan fingerprint density at radius 1 is 0.941 bits per heavy atom. The minimum absolute atomic E-state index is 0.0472. The van der Waals surface area contributed by atoms with Gasteiger partial charge in [-0.2, -0.15) is 0 Å². The number of amides is 2. The average Bonchev–Trinajstić information content (AvgIpc) is 3.63. The first-order valence-corrected chi connectivity index (χ1v) is 11.5. The second-order valence-electron chi connectivity index (χ2n) is 8.24. The van der Waals surface area contributed by atoms with E-state index in [1.54, 1.807) is 29.2 Å². The van der Waals surface area contributed by atoms with Gasteiger partial charge < -0.3 is 4.90 Å². The third kappa shape index (κ3) is 4.87. The Kier molecular flexibility index (Phi) is 6.14. The summed E-state index contributed by atoms with van der Waals surface area (Å²) in [5.41, 5.74) is 3.09. The Morgan fingerprint density at radius 2 is 1.59 bits per heavy atom. The van der Waals surface area contributed by atoms with Gasteiger partial charge in [0.1, 0.15) is 6.54 Å². The first-order valence-electron chi connectivity index (χ1n) is 11.1. The lowest BCUT2D eigenvalue weighted by Crippen LogP contribution is -2.39. The SMILES string of the molecule is O=C(CN(C(=O)c1ccc(Cl)cc1)C1CC1)Nc1nc(-c2ccccc2)cn1-c1ccccc1. The molecule has 170 valence electrons. The fourth-order valence-corrected chi connectivity index (χ4v) is 3.96. The second-order valence-corrected chi connectivity index (χ2v) is 8.68. The standard InChI is InChI=1S/C27H23ClN4O2/c28-21-13-11-20(12-14-21)26(34)31(23-15-16-23)18-25(33)30-27-29-24(19-7-3-1-4-8-19)17-32(27)22-9-5-2-6-10-22/h1-14,17,23H,15-16,18H2,(H,29,30,33). The van der Waals surface area contributed by atoms with E-state index in [1.807, 2.05) is 71.4 Å². The third-order valence-corrected chi connectivity index (χ3v) is 5.97. The smallest absolute Gasteiger partial charge is 0.254 e. The highest BCUT2D eigenvalue weighted by atomic mass is 35.5. The van der Waals surface area contributed by atoms with Crippen molar-refractivity contribution >= 4 is 29.4 Å². The van der Waals surface area contributed by atoms with Crippen LogP contribution >= 0.6 is 11.6 Å². The predicted molar refractivity (Wildman–Crippen MR) is 133 cm³/mol. The molecule has 4 aromatic rings. The van der Waals surface area contributed by atoms with Gasteiger partial charge in [-0.25, -0.2) is 4.98 Å². The van der Waals surface area contributed by atoms with Crippen molar-refractivity contribution in [3.63, 3.8) is 0 Å². The summed E-state index contributed by atoms with van der Waals surface area (Å²) >= 11 is 5.96. The van der Waals surface area contributed by atoms with Gasteiger partial charge in [0.25, 0.3) is 5.91 Å². The van der Waals surface area contributed by atoms with Crippen LogP contribution in [-0.2, 0) is 4.79 Å². The highest BCUT2D eigenvalue weighted by molar-refractivity contribution is 6.30. The minimum Gasteiger partial charge on any atom is -0.326 e. The maximum atomic E-state index is 13.1. The van der Waals surface area contributed by atoms with Gasteiger partial charge in [-0.05, 0) is 49.2 Å². The fourth-order valence-electron chi connectivity index (χ4n) is 3.83. The summed E-state index contributed by atoms with van der Waals surface area (Å²) in [6, 6.07) is 26.3. The van der Waals surface area contributed by atoms with Crippen LogP contribution < -0.4 is 5.32 Å². The number of para-hydroxylation sites is 1. The monoisotopic (exact) mass is 470 g/mol. The Morgan fingerprint density at radius 3 is 2.24 bits per heavy atom. The topological polar surface area (TPSA) is 67.2 Å². The third-order valence-electron chi connectivity index (χ3n) is 5.71. The number of nitrogens with one attached hydrogen (secondary N) is 1. The van der Waals surface area contributed by atoms with Crippen LogP contribution in [0, 0.1) is 0 Å². The summed E-state index contributed by atoms with van der Waals surface area (Å²) in [5, 5.41) is 3.49. The normalized spacial score (nSPS) is 12.9. The second kappa shape index (κ2) is 9.53. The molecule has 7 heteroatoms. The predicted octanol–water partition coefficient (Wildman–Crippen LogP) is 5.44. The molecule has 0 spiro atoms. The summed E-state index contributed by atoms with van der Waals surface area (Å²) in [7, 11) is 0. The summed E-state index contributed by atoms with van der Waals surface area (Å²) in [6.45, 7) is -0.0472.